The van der Waals surface area contributed by atoms with Gasteiger partial charge >= 0.3 is 0 Å². The van der Waals surface area contributed by atoms with Crippen molar-refractivity contribution < 1.29 is 9.47 Å². The van der Waals surface area contributed by atoms with E-state index < -0.39 is 0 Å². The summed E-state index contributed by atoms with van der Waals surface area (Å²) in [7, 11) is 0. The molecule has 0 saturated carbocycles. The van der Waals surface area contributed by atoms with E-state index in [9.17, 15) is 5.26 Å². The molecule has 1 saturated heterocycles. The Hall–Kier alpha value is -3.71. The zero-order chi connectivity index (χ0) is 29.1. The lowest BCUT2D eigenvalue weighted by atomic mass is 10.1. The number of allylic oxidation sites excluding steroid dienone is 7. The molecule has 9 heteroatoms. The maximum absolute atomic E-state index is 9.94. The molecule has 0 spiro atoms. The van der Waals surface area contributed by atoms with E-state index in [-0.39, 0.29) is 6.79 Å². The van der Waals surface area contributed by atoms with Gasteiger partial charge in [0.25, 0.3) is 0 Å². The summed E-state index contributed by atoms with van der Waals surface area (Å²) in [6, 6.07) is 2.30. The van der Waals surface area contributed by atoms with Gasteiger partial charge in [0.2, 0.25) is 0 Å². The van der Waals surface area contributed by atoms with E-state index in [1.807, 2.05) is 12.2 Å². The minimum atomic E-state index is 0.105. The number of aromatic nitrogens is 2. The monoisotopic (exact) mass is 584 g/mol. The van der Waals surface area contributed by atoms with Gasteiger partial charge in [-0.2, -0.15) is 10.2 Å². The smallest absolute Gasteiger partial charge is 0.189 e. The zero-order valence-corrected chi connectivity index (χ0v) is 25.3. The molecule has 2 aromatic rings. The van der Waals surface area contributed by atoms with Crippen molar-refractivity contribution in [3.05, 3.63) is 83.1 Å². The zero-order valence-electron chi connectivity index (χ0n) is 24.5. The normalized spacial score (nSPS) is 21.7. The molecule has 4 heterocycles. The number of rotatable bonds is 7. The van der Waals surface area contributed by atoms with Crippen LogP contribution in [0.3, 0.4) is 0 Å². The molecule has 0 unspecified atom stereocenters. The van der Waals surface area contributed by atoms with Crippen LogP contribution in [0, 0.1) is 11.3 Å². The lowest BCUT2D eigenvalue weighted by Crippen LogP contribution is -2.29. The quantitative estimate of drug-likeness (QED) is 0.344. The van der Waals surface area contributed by atoms with Crippen LogP contribution in [0.4, 0.5) is 10.8 Å². The minimum Gasteiger partial charge on any atom is -0.468 e. The van der Waals surface area contributed by atoms with Crippen LogP contribution in [0.5, 0.6) is 0 Å². The summed E-state index contributed by atoms with van der Waals surface area (Å²) >= 11 is 1.49. The first kappa shape index (κ1) is 29.8. The molecule has 42 heavy (non-hydrogen) atoms. The van der Waals surface area contributed by atoms with Crippen LogP contribution in [0.25, 0.3) is 10.3 Å². The topological polar surface area (TPSA) is 95.3 Å². The summed E-state index contributed by atoms with van der Waals surface area (Å²) in [6.45, 7) is 9.84. The number of nitriles is 1. The molecule has 5 rings (SSSR count). The van der Waals surface area contributed by atoms with Gasteiger partial charge in [0.1, 0.15) is 16.5 Å². The molecule has 2 N–H and O–H groups in total. The standard InChI is InChI=1S/C33H40N6O2S/c1-3-26-13-9-11-24(2)41-23-40-22-29(26)37-30-27(19-34)20-35-32-31(30)42-33(38-32)36-28-14-10-12-25(15-16-28)21-39-17-7-5-4-6-8-18-39/h9-11,14-16,20H,2-8,12-13,17-18,21-23H2,1H3,(H2,35,36,37,38)/b11-9-,29-26+. The van der Waals surface area contributed by atoms with E-state index >= 15 is 0 Å². The van der Waals surface area contributed by atoms with Gasteiger partial charge in [-0.3, -0.25) is 4.90 Å². The van der Waals surface area contributed by atoms with Crippen LogP contribution in [-0.2, 0) is 9.47 Å². The Morgan fingerprint density at radius 2 is 1.88 bits per heavy atom. The Labute approximate surface area is 252 Å². The Morgan fingerprint density at radius 3 is 2.69 bits per heavy atom. The predicted octanol–water partition coefficient (Wildman–Crippen LogP) is 7.55. The fraction of sp³-hybridized carbons (Fsp3) is 0.424. The molecule has 1 aliphatic carbocycles. The number of pyridine rings is 1. The van der Waals surface area contributed by atoms with Crippen LogP contribution >= 0.6 is 11.3 Å². The van der Waals surface area contributed by atoms with E-state index in [1.54, 1.807) is 6.20 Å². The molecule has 3 aliphatic rings. The van der Waals surface area contributed by atoms with Gasteiger partial charge in [0, 0.05) is 24.1 Å². The number of ether oxygens (including phenoxy) is 2. The van der Waals surface area contributed by atoms with Crippen molar-refractivity contribution >= 4 is 32.5 Å². The highest BCUT2D eigenvalue weighted by atomic mass is 32.1. The molecule has 0 atom stereocenters. The van der Waals surface area contributed by atoms with Crippen molar-refractivity contribution in [3.63, 3.8) is 0 Å². The van der Waals surface area contributed by atoms with Gasteiger partial charge < -0.3 is 20.1 Å². The van der Waals surface area contributed by atoms with Gasteiger partial charge in [-0.05, 0) is 69.0 Å². The maximum atomic E-state index is 9.94. The van der Waals surface area contributed by atoms with E-state index in [2.05, 4.69) is 64.4 Å². The first-order valence-electron chi connectivity index (χ1n) is 14.9. The summed E-state index contributed by atoms with van der Waals surface area (Å²) < 4.78 is 12.1. The first-order valence-corrected chi connectivity index (χ1v) is 15.7. The Kier molecular flexibility index (Phi) is 10.6. The molecule has 0 bridgehead atoms. The summed E-state index contributed by atoms with van der Waals surface area (Å²) in [4.78, 5) is 11.9. The van der Waals surface area contributed by atoms with E-state index in [0.29, 0.717) is 29.3 Å². The number of nitrogens with zero attached hydrogens (tertiary/aromatic N) is 4. The summed E-state index contributed by atoms with van der Waals surface area (Å²) in [5.74, 6) is 0.576. The Balaban J connectivity index is 1.36. The molecule has 2 aliphatic heterocycles. The van der Waals surface area contributed by atoms with Crippen LogP contribution in [0.1, 0.15) is 63.9 Å². The number of hydrogen-bond acceptors (Lipinski definition) is 9. The maximum Gasteiger partial charge on any atom is 0.189 e. The molecular formula is C33H40N6O2S. The minimum absolute atomic E-state index is 0.105. The third kappa shape index (κ3) is 7.97. The molecule has 0 radical (unpaired) electrons. The van der Waals surface area contributed by atoms with E-state index in [0.717, 1.165) is 47.0 Å². The van der Waals surface area contributed by atoms with Crippen molar-refractivity contribution in [1.29, 1.82) is 5.26 Å². The van der Waals surface area contributed by atoms with E-state index in [4.69, 9.17) is 14.5 Å². The fourth-order valence-corrected chi connectivity index (χ4v) is 6.34. The molecule has 2 aromatic heterocycles. The van der Waals surface area contributed by atoms with Crippen LogP contribution in [0.15, 0.2) is 77.5 Å². The van der Waals surface area contributed by atoms with Crippen molar-refractivity contribution in [2.45, 2.75) is 58.3 Å². The number of fused-ring (bicyclic) bond motifs is 1. The van der Waals surface area contributed by atoms with Gasteiger partial charge in [-0.1, -0.05) is 67.9 Å². The largest absolute Gasteiger partial charge is 0.468 e. The third-order valence-corrected chi connectivity index (χ3v) is 8.69. The molecule has 220 valence electrons. The fourth-order valence-electron chi connectivity index (χ4n) is 5.39. The molecule has 8 nitrogen and oxygen atoms in total. The van der Waals surface area contributed by atoms with Crippen molar-refractivity contribution in [3.8, 4) is 6.07 Å². The second-order valence-corrected chi connectivity index (χ2v) is 11.8. The van der Waals surface area contributed by atoms with Crippen molar-refractivity contribution in [2.24, 2.45) is 0 Å². The summed E-state index contributed by atoms with van der Waals surface area (Å²) in [5.41, 5.74) is 6.26. The van der Waals surface area contributed by atoms with E-state index in [1.165, 1.54) is 67.7 Å². The van der Waals surface area contributed by atoms with Crippen LogP contribution in [-0.4, -0.2) is 47.9 Å². The number of nitrogens with one attached hydrogen (secondary N) is 2. The number of hydrogen-bond donors (Lipinski definition) is 2. The highest BCUT2D eigenvalue weighted by Crippen LogP contribution is 2.35. The lowest BCUT2D eigenvalue weighted by Gasteiger charge is -2.25. The van der Waals surface area contributed by atoms with Gasteiger partial charge in [0.05, 0.1) is 17.9 Å². The average molecular weight is 585 g/mol. The Bertz CT molecular complexity index is 1470. The highest BCUT2D eigenvalue weighted by molar-refractivity contribution is 7.22. The number of thiazole rings is 1. The average Bonchev–Trinajstić information content (AvgIpc) is 3.26. The SMILES string of the molecule is C=C1/C=C\C/C(CC)=C(/Nc2c(C#N)cnc3nc(NC4=CC=C(CN5CCCCCCC5)CC=C4)sc23)COCO1. The highest BCUT2D eigenvalue weighted by Gasteiger charge is 2.18. The number of anilines is 2. The Morgan fingerprint density at radius 1 is 1.07 bits per heavy atom. The second kappa shape index (κ2) is 15.0. The van der Waals surface area contributed by atoms with Gasteiger partial charge in [-0.25, -0.2) is 4.98 Å². The predicted molar refractivity (Wildman–Crippen MR) is 171 cm³/mol. The molecule has 0 aromatic carbocycles. The third-order valence-electron chi connectivity index (χ3n) is 7.72. The first-order chi connectivity index (χ1) is 20.6. The lowest BCUT2D eigenvalue weighted by molar-refractivity contribution is -0.00925. The van der Waals surface area contributed by atoms with Gasteiger partial charge in [-0.15, -0.1) is 0 Å². The van der Waals surface area contributed by atoms with Crippen LogP contribution in [0.2, 0.25) is 0 Å². The summed E-state index contributed by atoms with van der Waals surface area (Å²) in [5, 5.41) is 17.7. The molecule has 1 fully saturated rings. The summed E-state index contributed by atoms with van der Waals surface area (Å²) in [6.07, 6.45) is 23.4. The van der Waals surface area contributed by atoms with Crippen LogP contribution < -0.4 is 10.6 Å². The molecule has 0 amide bonds. The second-order valence-electron chi connectivity index (χ2n) is 10.8. The van der Waals surface area contributed by atoms with Crippen molar-refractivity contribution in [2.75, 3.05) is 43.7 Å². The van der Waals surface area contributed by atoms with Crippen molar-refractivity contribution in [1.82, 2.24) is 14.9 Å². The number of likely N-dealkylation sites (tertiary alicyclic amines) is 1. The molecular weight excluding hydrogens is 544 g/mol. The van der Waals surface area contributed by atoms with Gasteiger partial charge in [0.15, 0.2) is 17.6 Å².